The summed E-state index contributed by atoms with van der Waals surface area (Å²) in [5.74, 6) is 1.09. The first-order valence-corrected chi connectivity index (χ1v) is 11.2. The quantitative estimate of drug-likeness (QED) is 0.421. The lowest BCUT2D eigenvalue weighted by atomic mass is 10.1. The summed E-state index contributed by atoms with van der Waals surface area (Å²) in [5, 5.41) is 8.17. The molecular weight excluding hydrogens is 426 g/mol. The van der Waals surface area contributed by atoms with E-state index in [2.05, 4.69) is 15.3 Å². The summed E-state index contributed by atoms with van der Waals surface area (Å²) in [4.78, 5) is 23.5. The Morgan fingerprint density at radius 2 is 1.90 bits per heavy atom. The summed E-state index contributed by atoms with van der Waals surface area (Å²) < 4.78 is 10.6. The predicted molar refractivity (Wildman–Crippen MR) is 119 cm³/mol. The highest BCUT2D eigenvalue weighted by Gasteiger charge is 2.18. The van der Waals surface area contributed by atoms with Crippen molar-refractivity contribution in [2.75, 3.05) is 19.5 Å². The van der Waals surface area contributed by atoms with Crippen LogP contribution in [0.3, 0.4) is 0 Å². The minimum Gasteiger partial charge on any atom is -0.493 e. The van der Waals surface area contributed by atoms with Crippen LogP contribution in [0.1, 0.15) is 15.4 Å². The number of benzene rings is 1. The summed E-state index contributed by atoms with van der Waals surface area (Å²) >= 11 is 4.37. The van der Waals surface area contributed by atoms with Crippen molar-refractivity contribution < 1.29 is 14.3 Å². The van der Waals surface area contributed by atoms with Gasteiger partial charge in [0.2, 0.25) is 0 Å². The number of amides is 1. The highest BCUT2D eigenvalue weighted by molar-refractivity contribution is 7.22. The van der Waals surface area contributed by atoms with Gasteiger partial charge >= 0.3 is 0 Å². The molecule has 0 aliphatic carbocycles. The van der Waals surface area contributed by atoms with Gasteiger partial charge in [-0.1, -0.05) is 6.07 Å². The number of anilines is 1. The number of rotatable bonds is 6. The molecule has 0 unspecified atom stereocenters. The van der Waals surface area contributed by atoms with E-state index in [0.717, 1.165) is 21.1 Å². The Hall–Kier alpha value is -2.75. The maximum atomic E-state index is 12.7. The van der Waals surface area contributed by atoms with Crippen molar-refractivity contribution in [3.8, 4) is 32.6 Å². The summed E-state index contributed by atoms with van der Waals surface area (Å²) in [7, 11) is 3.19. The van der Waals surface area contributed by atoms with Crippen LogP contribution in [-0.4, -0.2) is 30.1 Å². The molecule has 29 heavy (non-hydrogen) atoms. The lowest BCUT2D eigenvalue weighted by molar-refractivity contribution is 0.103. The smallest absolute Gasteiger partial charge is 0.269 e. The number of thiazole rings is 2. The van der Waals surface area contributed by atoms with E-state index in [1.165, 1.54) is 22.7 Å². The monoisotopic (exact) mass is 443 g/mol. The standard InChI is InChI=1S/C20H17N3O3S3/c1-11-17(29-19(21-11)16-5-4-8-27-16)18(24)23-20-22-13(10-28-20)12-6-7-14(25-2)15(9-12)26-3/h4-10H,1-3H3,(H,22,23,24). The van der Waals surface area contributed by atoms with Gasteiger partial charge in [-0.2, -0.15) is 0 Å². The van der Waals surface area contributed by atoms with E-state index in [-0.39, 0.29) is 5.91 Å². The average Bonchev–Trinajstić information content (AvgIpc) is 3.48. The van der Waals surface area contributed by atoms with E-state index >= 15 is 0 Å². The number of methoxy groups -OCH3 is 2. The van der Waals surface area contributed by atoms with Gasteiger partial charge in [0.15, 0.2) is 16.6 Å². The van der Waals surface area contributed by atoms with Gasteiger partial charge < -0.3 is 9.47 Å². The molecule has 0 saturated heterocycles. The van der Waals surface area contributed by atoms with Gasteiger partial charge in [-0.25, -0.2) is 9.97 Å². The highest BCUT2D eigenvalue weighted by atomic mass is 32.1. The minimum absolute atomic E-state index is 0.198. The molecule has 0 saturated carbocycles. The number of carbonyl (C=O) groups is 1. The molecule has 148 valence electrons. The number of aryl methyl sites for hydroxylation is 1. The summed E-state index contributed by atoms with van der Waals surface area (Å²) in [6.07, 6.45) is 0. The molecule has 9 heteroatoms. The second-order valence-electron chi connectivity index (χ2n) is 5.97. The Kier molecular flexibility index (Phi) is 5.61. The number of hydrogen-bond donors (Lipinski definition) is 1. The lowest BCUT2D eigenvalue weighted by Gasteiger charge is -2.08. The summed E-state index contributed by atoms with van der Waals surface area (Å²) in [6, 6.07) is 9.57. The molecule has 0 radical (unpaired) electrons. The summed E-state index contributed by atoms with van der Waals surface area (Å²) in [5.41, 5.74) is 2.35. The van der Waals surface area contributed by atoms with Crippen molar-refractivity contribution in [3.05, 3.63) is 51.7 Å². The van der Waals surface area contributed by atoms with Crippen LogP contribution in [0.4, 0.5) is 5.13 Å². The van der Waals surface area contributed by atoms with Crippen LogP contribution < -0.4 is 14.8 Å². The van der Waals surface area contributed by atoms with Crippen LogP contribution in [-0.2, 0) is 0 Å². The first kappa shape index (κ1) is 19.6. The maximum Gasteiger partial charge on any atom is 0.269 e. The summed E-state index contributed by atoms with van der Waals surface area (Å²) in [6.45, 7) is 1.85. The van der Waals surface area contributed by atoms with Crippen LogP contribution in [0.5, 0.6) is 11.5 Å². The number of aromatic nitrogens is 2. The molecule has 0 aliphatic heterocycles. The first-order valence-electron chi connectivity index (χ1n) is 8.59. The molecule has 1 N–H and O–H groups in total. The average molecular weight is 444 g/mol. The third kappa shape index (κ3) is 4.02. The van der Waals surface area contributed by atoms with E-state index in [1.807, 2.05) is 48.0 Å². The molecule has 0 fully saturated rings. The van der Waals surface area contributed by atoms with Gasteiger partial charge in [0.1, 0.15) is 9.88 Å². The van der Waals surface area contributed by atoms with Gasteiger partial charge in [-0.05, 0) is 36.6 Å². The van der Waals surface area contributed by atoms with E-state index in [1.54, 1.807) is 25.6 Å². The lowest BCUT2D eigenvalue weighted by Crippen LogP contribution is -2.11. The first-order chi connectivity index (χ1) is 14.1. The molecule has 4 aromatic rings. The SMILES string of the molecule is COc1ccc(-c2csc(NC(=O)c3sc(-c4cccs4)nc3C)n2)cc1OC. The molecule has 3 heterocycles. The van der Waals surface area contributed by atoms with Gasteiger partial charge in [0, 0.05) is 10.9 Å². The Balaban J connectivity index is 1.53. The topological polar surface area (TPSA) is 73.3 Å². The minimum atomic E-state index is -0.198. The fourth-order valence-corrected chi connectivity index (χ4v) is 5.20. The molecule has 0 atom stereocenters. The Bertz CT molecular complexity index is 1150. The number of thiophene rings is 1. The van der Waals surface area contributed by atoms with Crippen molar-refractivity contribution in [1.29, 1.82) is 0 Å². The third-order valence-corrected chi connectivity index (χ3v) is 7.09. The zero-order valence-corrected chi connectivity index (χ0v) is 18.3. The zero-order chi connectivity index (χ0) is 20.4. The van der Waals surface area contributed by atoms with Crippen molar-refractivity contribution in [1.82, 2.24) is 9.97 Å². The van der Waals surface area contributed by atoms with Gasteiger partial charge in [0.05, 0.1) is 30.5 Å². The largest absolute Gasteiger partial charge is 0.493 e. The number of carbonyl (C=O) groups excluding carboxylic acids is 1. The van der Waals surface area contributed by atoms with E-state index in [4.69, 9.17) is 9.47 Å². The molecule has 1 amide bonds. The predicted octanol–water partition coefficient (Wildman–Crippen LogP) is 5.57. The van der Waals surface area contributed by atoms with E-state index < -0.39 is 0 Å². The van der Waals surface area contributed by atoms with Crippen LogP contribution in [0.2, 0.25) is 0 Å². The number of nitrogens with zero attached hydrogens (tertiary/aromatic N) is 2. The van der Waals surface area contributed by atoms with Gasteiger partial charge in [-0.15, -0.1) is 34.0 Å². The molecule has 0 bridgehead atoms. The molecule has 0 aliphatic rings. The molecular formula is C20H17N3O3S3. The molecule has 1 aromatic carbocycles. The van der Waals surface area contributed by atoms with E-state index in [9.17, 15) is 4.79 Å². The fraction of sp³-hybridized carbons (Fsp3) is 0.150. The molecule has 3 aromatic heterocycles. The number of hydrogen-bond acceptors (Lipinski definition) is 8. The van der Waals surface area contributed by atoms with Gasteiger partial charge in [0.25, 0.3) is 5.91 Å². The second-order valence-corrected chi connectivity index (χ2v) is 8.78. The number of nitrogens with one attached hydrogen (secondary N) is 1. The molecule has 0 spiro atoms. The Morgan fingerprint density at radius 1 is 1.07 bits per heavy atom. The van der Waals surface area contributed by atoms with Crippen LogP contribution in [0.25, 0.3) is 21.1 Å². The maximum absolute atomic E-state index is 12.7. The van der Waals surface area contributed by atoms with Gasteiger partial charge in [-0.3, -0.25) is 10.1 Å². The molecule has 4 rings (SSSR count). The van der Waals surface area contributed by atoms with Crippen LogP contribution >= 0.6 is 34.0 Å². The fourth-order valence-electron chi connectivity index (χ4n) is 2.73. The zero-order valence-electron chi connectivity index (χ0n) is 15.9. The van der Waals surface area contributed by atoms with Crippen molar-refractivity contribution in [3.63, 3.8) is 0 Å². The van der Waals surface area contributed by atoms with Crippen LogP contribution in [0.15, 0.2) is 41.1 Å². The Morgan fingerprint density at radius 3 is 2.62 bits per heavy atom. The second kappa shape index (κ2) is 8.32. The van der Waals surface area contributed by atoms with Crippen molar-refractivity contribution in [2.24, 2.45) is 0 Å². The highest BCUT2D eigenvalue weighted by Crippen LogP contribution is 2.34. The Labute approximate surface area is 179 Å². The number of ether oxygens (including phenoxy) is 2. The van der Waals surface area contributed by atoms with Crippen molar-refractivity contribution in [2.45, 2.75) is 6.92 Å². The third-order valence-electron chi connectivity index (χ3n) is 4.14. The normalized spacial score (nSPS) is 10.7. The van der Waals surface area contributed by atoms with E-state index in [0.29, 0.717) is 27.2 Å². The van der Waals surface area contributed by atoms with Crippen molar-refractivity contribution >= 4 is 45.0 Å². The van der Waals surface area contributed by atoms with Crippen LogP contribution in [0, 0.1) is 6.92 Å². The molecule has 6 nitrogen and oxygen atoms in total.